The van der Waals surface area contributed by atoms with E-state index in [2.05, 4.69) is 57.0 Å². The van der Waals surface area contributed by atoms with Crippen LogP contribution in [0.25, 0.3) is 11.3 Å². The van der Waals surface area contributed by atoms with Crippen molar-refractivity contribution < 1.29 is 0 Å². The van der Waals surface area contributed by atoms with E-state index in [0.717, 1.165) is 35.0 Å². The van der Waals surface area contributed by atoms with Gasteiger partial charge in [-0.2, -0.15) is 5.26 Å². The van der Waals surface area contributed by atoms with Crippen LogP contribution in [0.4, 0.5) is 5.69 Å². The van der Waals surface area contributed by atoms with Gasteiger partial charge in [0.1, 0.15) is 6.07 Å². The summed E-state index contributed by atoms with van der Waals surface area (Å²) in [6, 6.07) is 8.38. The smallest absolute Gasteiger partial charge is 0.101 e. The molecule has 1 heterocycles. The van der Waals surface area contributed by atoms with E-state index in [1.54, 1.807) is 11.3 Å². The van der Waals surface area contributed by atoms with Crippen LogP contribution in [0.2, 0.25) is 0 Å². The van der Waals surface area contributed by atoms with Crippen LogP contribution in [-0.4, -0.2) is 18.1 Å². The minimum Gasteiger partial charge on any atom is -0.371 e. The quantitative estimate of drug-likeness (QED) is 0.812. The highest BCUT2D eigenvalue weighted by atomic mass is 32.1. The molecule has 0 fully saturated rings. The summed E-state index contributed by atoms with van der Waals surface area (Å²) in [7, 11) is 0. The Morgan fingerprint density at radius 2 is 1.91 bits per heavy atom. The zero-order valence-electron chi connectivity index (χ0n) is 14.0. The molecule has 0 bridgehead atoms. The number of nitrogens with zero attached hydrogens (tertiary/aromatic N) is 3. The summed E-state index contributed by atoms with van der Waals surface area (Å²) in [5.74, 6) is 0. The molecule has 4 heteroatoms. The highest BCUT2D eigenvalue weighted by Crippen LogP contribution is 2.32. The molecule has 0 aliphatic carbocycles. The number of rotatable bonds is 4. The fourth-order valence-electron chi connectivity index (χ4n) is 2.38. The SMILES string of the molecule is CCN(CC)c1ccc(-c2csc(C(C)(C)C)n2)cc1C#N. The number of hydrogen-bond donors (Lipinski definition) is 0. The maximum atomic E-state index is 9.47. The summed E-state index contributed by atoms with van der Waals surface area (Å²) in [6.45, 7) is 12.5. The van der Waals surface area contributed by atoms with Crippen LogP contribution in [0.15, 0.2) is 23.6 Å². The van der Waals surface area contributed by atoms with Crippen LogP contribution >= 0.6 is 11.3 Å². The summed E-state index contributed by atoms with van der Waals surface area (Å²) < 4.78 is 0. The van der Waals surface area contributed by atoms with Gasteiger partial charge in [-0.1, -0.05) is 26.8 Å². The van der Waals surface area contributed by atoms with Gasteiger partial charge in [0.2, 0.25) is 0 Å². The van der Waals surface area contributed by atoms with Crippen molar-refractivity contribution in [1.29, 1.82) is 5.26 Å². The normalized spacial score (nSPS) is 11.3. The van der Waals surface area contributed by atoms with E-state index < -0.39 is 0 Å². The molecule has 0 radical (unpaired) electrons. The summed E-state index contributed by atoms with van der Waals surface area (Å²) in [5, 5.41) is 12.7. The molecule has 0 saturated carbocycles. The second kappa shape index (κ2) is 6.50. The first kappa shape index (κ1) is 16.5. The Balaban J connectivity index is 2.42. The van der Waals surface area contributed by atoms with Gasteiger partial charge >= 0.3 is 0 Å². The molecule has 22 heavy (non-hydrogen) atoms. The lowest BCUT2D eigenvalue weighted by molar-refractivity contribution is 0.586. The minimum absolute atomic E-state index is 0.0577. The number of thiazole rings is 1. The molecule has 2 aromatic rings. The fourth-order valence-corrected chi connectivity index (χ4v) is 3.29. The molecule has 0 atom stereocenters. The average Bonchev–Trinajstić information content (AvgIpc) is 2.98. The van der Waals surface area contributed by atoms with Crippen LogP contribution in [-0.2, 0) is 5.41 Å². The lowest BCUT2D eigenvalue weighted by atomic mass is 9.98. The van der Waals surface area contributed by atoms with Crippen LogP contribution in [0.5, 0.6) is 0 Å². The van der Waals surface area contributed by atoms with Gasteiger partial charge in [-0.25, -0.2) is 4.98 Å². The van der Waals surface area contributed by atoms with E-state index in [0.29, 0.717) is 5.56 Å². The first-order valence-electron chi connectivity index (χ1n) is 7.66. The Bertz CT molecular complexity index is 685. The van der Waals surface area contributed by atoms with Gasteiger partial charge in [-0.05, 0) is 26.0 Å². The summed E-state index contributed by atoms with van der Waals surface area (Å²) in [6.07, 6.45) is 0. The van der Waals surface area contributed by atoms with Crippen molar-refractivity contribution in [2.75, 3.05) is 18.0 Å². The average molecular weight is 313 g/mol. The van der Waals surface area contributed by atoms with Gasteiger partial charge in [-0.15, -0.1) is 11.3 Å². The van der Waals surface area contributed by atoms with Crippen molar-refractivity contribution in [2.45, 2.75) is 40.0 Å². The standard InChI is InChI=1S/C18H23N3S/c1-6-21(7-2)16-9-8-13(10-14(16)11-19)15-12-22-17(20-15)18(3,4)5/h8-10,12H,6-7H2,1-5H3. The highest BCUT2D eigenvalue weighted by Gasteiger charge is 2.19. The number of hydrogen-bond acceptors (Lipinski definition) is 4. The Hall–Kier alpha value is -1.86. The van der Waals surface area contributed by atoms with E-state index in [4.69, 9.17) is 4.98 Å². The zero-order chi connectivity index (χ0) is 16.3. The Kier molecular flexibility index (Phi) is 4.87. The number of benzene rings is 1. The number of aromatic nitrogens is 1. The van der Waals surface area contributed by atoms with E-state index in [1.807, 2.05) is 12.1 Å². The van der Waals surface area contributed by atoms with Crippen LogP contribution in [0.3, 0.4) is 0 Å². The Morgan fingerprint density at radius 3 is 2.41 bits per heavy atom. The summed E-state index contributed by atoms with van der Waals surface area (Å²) in [4.78, 5) is 6.94. The third-order valence-corrected chi connectivity index (χ3v) is 4.93. The van der Waals surface area contributed by atoms with Gasteiger partial charge in [-0.3, -0.25) is 0 Å². The first-order valence-corrected chi connectivity index (χ1v) is 8.54. The molecular weight excluding hydrogens is 290 g/mol. The molecule has 0 aliphatic heterocycles. The Labute approximate surface area is 137 Å². The largest absolute Gasteiger partial charge is 0.371 e. The monoisotopic (exact) mass is 313 g/mol. The molecular formula is C18H23N3S. The van der Waals surface area contributed by atoms with E-state index in [1.165, 1.54) is 0 Å². The lowest BCUT2D eigenvalue weighted by Gasteiger charge is -2.22. The van der Waals surface area contributed by atoms with Gasteiger partial charge in [0.15, 0.2) is 0 Å². The number of nitriles is 1. The highest BCUT2D eigenvalue weighted by molar-refractivity contribution is 7.10. The lowest BCUT2D eigenvalue weighted by Crippen LogP contribution is -2.22. The molecule has 0 amide bonds. The second-order valence-corrected chi connectivity index (χ2v) is 7.16. The molecule has 2 rings (SSSR count). The Morgan fingerprint density at radius 1 is 1.23 bits per heavy atom. The van der Waals surface area contributed by atoms with E-state index in [-0.39, 0.29) is 5.41 Å². The van der Waals surface area contributed by atoms with Gasteiger partial charge in [0.25, 0.3) is 0 Å². The molecule has 3 nitrogen and oxygen atoms in total. The zero-order valence-corrected chi connectivity index (χ0v) is 14.8. The van der Waals surface area contributed by atoms with Gasteiger partial charge in [0.05, 0.1) is 22.0 Å². The maximum Gasteiger partial charge on any atom is 0.101 e. The van der Waals surface area contributed by atoms with Crippen molar-refractivity contribution in [3.05, 3.63) is 34.2 Å². The topological polar surface area (TPSA) is 39.9 Å². The van der Waals surface area contributed by atoms with Crippen LogP contribution in [0.1, 0.15) is 45.2 Å². The van der Waals surface area contributed by atoms with E-state index >= 15 is 0 Å². The molecule has 0 N–H and O–H groups in total. The molecule has 1 aromatic carbocycles. The molecule has 0 spiro atoms. The minimum atomic E-state index is 0.0577. The van der Waals surface area contributed by atoms with Crippen molar-refractivity contribution >= 4 is 17.0 Å². The van der Waals surface area contributed by atoms with Crippen LogP contribution in [0, 0.1) is 11.3 Å². The number of anilines is 1. The third kappa shape index (κ3) is 3.31. The summed E-state index contributed by atoms with van der Waals surface area (Å²) in [5.41, 5.74) is 3.74. The van der Waals surface area contributed by atoms with Gasteiger partial charge < -0.3 is 4.90 Å². The summed E-state index contributed by atoms with van der Waals surface area (Å²) >= 11 is 1.68. The molecule has 0 aliphatic rings. The van der Waals surface area contributed by atoms with Crippen molar-refractivity contribution in [3.8, 4) is 17.3 Å². The van der Waals surface area contributed by atoms with Crippen molar-refractivity contribution in [2.24, 2.45) is 0 Å². The third-order valence-electron chi connectivity index (χ3n) is 3.66. The van der Waals surface area contributed by atoms with E-state index in [9.17, 15) is 5.26 Å². The molecule has 0 saturated heterocycles. The second-order valence-electron chi connectivity index (χ2n) is 6.30. The van der Waals surface area contributed by atoms with Crippen molar-refractivity contribution in [3.63, 3.8) is 0 Å². The fraction of sp³-hybridized carbons (Fsp3) is 0.444. The maximum absolute atomic E-state index is 9.47. The predicted octanol–water partition coefficient (Wildman–Crippen LogP) is 4.83. The van der Waals surface area contributed by atoms with Gasteiger partial charge in [0, 0.05) is 29.4 Å². The van der Waals surface area contributed by atoms with Crippen molar-refractivity contribution in [1.82, 2.24) is 4.98 Å². The van der Waals surface area contributed by atoms with Crippen LogP contribution < -0.4 is 4.90 Å². The molecule has 116 valence electrons. The first-order chi connectivity index (χ1) is 10.4. The molecule has 0 unspecified atom stereocenters. The molecule has 1 aromatic heterocycles. The predicted molar refractivity (Wildman–Crippen MR) is 94.5 cm³/mol.